The number of anilines is 1. The molecule has 1 atom stereocenters. The van der Waals surface area contributed by atoms with Gasteiger partial charge >= 0.3 is 0 Å². The Kier molecular flexibility index (Phi) is 6.51. The number of benzene rings is 2. The Morgan fingerprint density at radius 2 is 1.77 bits per heavy atom. The van der Waals surface area contributed by atoms with E-state index >= 15 is 0 Å². The van der Waals surface area contributed by atoms with E-state index < -0.39 is 6.10 Å². The lowest BCUT2D eigenvalue weighted by Crippen LogP contribution is -2.38. The molecule has 0 aliphatic heterocycles. The van der Waals surface area contributed by atoms with E-state index in [9.17, 15) is 10.2 Å². The number of hydrogen-bond acceptors (Lipinski definition) is 5. The van der Waals surface area contributed by atoms with Gasteiger partial charge in [0.1, 0.15) is 11.5 Å². The molecular formula is C21H30N2O3. The van der Waals surface area contributed by atoms with Crippen molar-refractivity contribution in [2.75, 3.05) is 19.0 Å². The van der Waals surface area contributed by atoms with Gasteiger partial charge in [0.25, 0.3) is 0 Å². The van der Waals surface area contributed by atoms with Crippen LogP contribution in [0, 0.1) is 6.92 Å². The number of aromatic hydroxyl groups is 1. The fourth-order valence-corrected chi connectivity index (χ4v) is 2.60. The maximum atomic E-state index is 10.5. The quantitative estimate of drug-likeness (QED) is 0.568. The minimum Gasteiger partial charge on any atom is -0.506 e. The fraction of sp³-hybridized carbons (Fsp3) is 0.429. The number of phenols is 1. The van der Waals surface area contributed by atoms with Crippen LogP contribution in [-0.2, 0) is 6.54 Å². The summed E-state index contributed by atoms with van der Waals surface area (Å²) in [6.07, 6.45) is -0.643. The van der Waals surface area contributed by atoms with Crippen LogP contribution in [0.3, 0.4) is 0 Å². The smallest absolute Gasteiger partial charge is 0.141 e. The first-order chi connectivity index (χ1) is 12.2. The highest BCUT2D eigenvalue weighted by Crippen LogP contribution is 2.31. The third kappa shape index (κ3) is 5.64. The Morgan fingerprint density at radius 3 is 2.35 bits per heavy atom. The Hall–Kier alpha value is -2.24. The van der Waals surface area contributed by atoms with Crippen LogP contribution in [0.2, 0.25) is 0 Å². The maximum absolute atomic E-state index is 10.5. The molecule has 2 aromatic rings. The first-order valence-electron chi connectivity index (χ1n) is 8.83. The van der Waals surface area contributed by atoms with Crippen molar-refractivity contribution >= 4 is 5.69 Å². The summed E-state index contributed by atoms with van der Waals surface area (Å²) in [5.74, 6) is 1.02. The molecule has 0 radical (unpaired) electrons. The third-order valence-electron chi connectivity index (χ3n) is 4.18. The molecule has 26 heavy (non-hydrogen) atoms. The molecule has 0 fully saturated rings. The molecule has 2 rings (SSSR count). The minimum absolute atomic E-state index is 0.0671. The van der Waals surface area contributed by atoms with Gasteiger partial charge in [0.15, 0.2) is 0 Å². The number of phenolic OH excluding ortho intramolecular Hbond substituents is 1. The third-order valence-corrected chi connectivity index (χ3v) is 4.18. The van der Waals surface area contributed by atoms with Gasteiger partial charge in [-0.15, -0.1) is 0 Å². The van der Waals surface area contributed by atoms with E-state index in [1.54, 1.807) is 13.2 Å². The average molecular weight is 358 g/mol. The molecule has 4 N–H and O–H groups in total. The molecule has 0 aliphatic carbocycles. The zero-order valence-corrected chi connectivity index (χ0v) is 16.3. The second-order valence-corrected chi connectivity index (χ2v) is 7.58. The Bertz CT molecular complexity index is 721. The van der Waals surface area contributed by atoms with Gasteiger partial charge in [-0.25, -0.2) is 0 Å². The van der Waals surface area contributed by atoms with E-state index in [2.05, 4.69) is 31.4 Å². The number of aryl methyl sites for hydroxylation is 1. The Labute approximate surface area is 156 Å². The van der Waals surface area contributed by atoms with Gasteiger partial charge in [-0.1, -0.05) is 12.1 Å². The standard InChI is InChI=1S/C21H30N2O3/c1-14-10-16(19(24)13-23-21(2,3)4)11-18(20(14)25)22-12-15-6-8-17(26-5)9-7-15/h6-11,19,22-25H,12-13H2,1-5H3. The molecule has 0 saturated carbocycles. The van der Waals surface area contributed by atoms with Gasteiger partial charge in [-0.05, 0) is 68.7 Å². The number of aliphatic hydroxyl groups is 1. The zero-order chi connectivity index (χ0) is 19.3. The lowest BCUT2D eigenvalue weighted by atomic mass is 10.0. The van der Waals surface area contributed by atoms with E-state index in [1.165, 1.54) is 0 Å². The van der Waals surface area contributed by atoms with Crippen molar-refractivity contribution in [3.8, 4) is 11.5 Å². The van der Waals surface area contributed by atoms with E-state index in [0.29, 0.717) is 18.8 Å². The van der Waals surface area contributed by atoms with Crippen molar-refractivity contribution < 1.29 is 14.9 Å². The summed E-state index contributed by atoms with van der Waals surface area (Å²) in [5, 5.41) is 27.4. The molecule has 0 saturated heterocycles. The number of rotatable bonds is 7. The van der Waals surface area contributed by atoms with Gasteiger partial charge < -0.3 is 25.6 Å². The van der Waals surface area contributed by atoms with Crippen LogP contribution < -0.4 is 15.4 Å². The van der Waals surface area contributed by atoms with Crippen LogP contribution in [0.1, 0.15) is 43.6 Å². The van der Waals surface area contributed by atoms with Gasteiger partial charge in [-0.2, -0.15) is 0 Å². The summed E-state index contributed by atoms with van der Waals surface area (Å²) in [4.78, 5) is 0. The van der Waals surface area contributed by atoms with Crippen LogP contribution in [0.4, 0.5) is 5.69 Å². The molecule has 0 aliphatic rings. The minimum atomic E-state index is -0.643. The molecule has 5 nitrogen and oxygen atoms in total. The van der Waals surface area contributed by atoms with Crippen molar-refractivity contribution in [1.82, 2.24) is 5.32 Å². The molecule has 0 heterocycles. The van der Waals surface area contributed by atoms with Crippen LogP contribution in [0.25, 0.3) is 0 Å². The topological polar surface area (TPSA) is 73.8 Å². The van der Waals surface area contributed by atoms with Crippen molar-refractivity contribution in [2.45, 2.75) is 45.9 Å². The van der Waals surface area contributed by atoms with Crippen molar-refractivity contribution in [2.24, 2.45) is 0 Å². The van der Waals surface area contributed by atoms with Crippen LogP contribution in [0.15, 0.2) is 36.4 Å². The van der Waals surface area contributed by atoms with Gasteiger partial charge in [0.05, 0.1) is 18.9 Å². The van der Waals surface area contributed by atoms with Crippen LogP contribution in [-0.4, -0.2) is 29.4 Å². The van der Waals surface area contributed by atoms with Crippen LogP contribution >= 0.6 is 0 Å². The first-order valence-corrected chi connectivity index (χ1v) is 8.83. The monoisotopic (exact) mass is 358 g/mol. The molecule has 0 aromatic heterocycles. The largest absolute Gasteiger partial charge is 0.506 e. The highest BCUT2D eigenvalue weighted by atomic mass is 16.5. The molecule has 2 aromatic carbocycles. The SMILES string of the molecule is COc1ccc(CNc2cc(C(O)CNC(C)(C)C)cc(C)c2O)cc1. The molecule has 1 unspecified atom stereocenters. The van der Waals surface area contributed by atoms with E-state index in [4.69, 9.17) is 4.74 Å². The molecule has 0 bridgehead atoms. The summed E-state index contributed by atoms with van der Waals surface area (Å²) in [5.41, 5.74) is 3.13. The molecular weight excluding hydrogens is 328 g/mol. The van der Waals surface area contributed by atoms with Crippen LogP contribution in [0.5, 0.6) is 11.5 Å². The van der Waals surface area contributed by atoms with E-state index in [-0.39, 0.29) is 11.3 Å². The summed E-state index contributed by atoms with van der Waals surface area (Å²) in [6, 6.07) is 11.4. The second kappa shape index (κ2) is 8.43. The summed E-state index contributed by atoms with van der Waals surface area (Å²) >= 11 is 0. The van der Waals surface area contributed by atoms with E-state index in [1.807, 2.05) is 37.3 Å². The number of aliphatic hydroxyl groups excluding tert-OH is 1. The highest BCUT2D eigenvalue weighted by Gasteiger charge is 2.16. The summed E-state index contributed by atoms with van der Waals surface area (Å²) in [6.45, 7) is 9.03. The first kappa shape index (κ1) is 20.1. The van der Waals surface area contributed by atoms with Crippen molar-refractivity contribution in [3.63, 3.8) is 0 Å². The lowest BCUT2D eigenvalue weighted by molar-refractivity contribution is 0.163. The number of ether oxygens (including phenoxy) is 1. The Balaban J connectivity index is 2.10. The van der Waals surface area contributed by atoms with Crippen molar-refractivity contribution in [1.29, 1.82) is 0 Å². The van der Waals surface area contributed by atoms with Crippen molar-refractivity contribution in [3.05, 3.63) is 53.1 Å². The van der Waals surface area contributed by atoms with Gasteiger partial charge in [0.2, 0.25) is 0 Å². The number of hydrogen-bond donors (Lipinski definition) is 4. The number of methoxy groups -OCH3 is 1. The predicted molar refractivity (Wildman–Crippen MR) is 106 cm³/mol. The molecule has 0 amide bonds. The highest BCUT2D eigenvalue weighted by molar-refractivity contribution is 5.61. The van der Waals surface area contributed by atoms with Gasteiger partial charge in [0, 0.05) is 18.6 Å². The molecule has 5 heteroatoms. The zero-order valence-electron chi connectivity index (χ0n) is 16.3. The predicted octanol–water partition coefficient (Wildman–Crippen LogP) is 3.74. The summed E-state index contributed by atoms with van der Waals surface area (Å²) < 4.78 is 5.16. The summed E-state index contributed by atoms with van der Waals surface area (Å²) in [7, 11) is 1.64. The number of β-amino-alcohol motifs (C(OH)–C–C–N with tert-alkyl or cyclic N) is 1. The second-order valence-electron chi connectivity index (χ2n) is 7.58. The lowest BCUT2D eigenvalue weighted by Gasteiger charge is -2.23. The molecule has 142 valence electrons. The van der Waals surface area contributed by atoms with Gasteiger partial charge in [-0.3, -0.25) is 0 Å². The van der Waals surface area contributed by atoms with E-state index in [0.717, 1.165) is 22.4 Å². The maximum Gasteiger partial charge on any atom is 0.141 e. The Morgan fingerprint density at radius 1 is 1.12 bits per heavy atom. The number of nitrogens with one attached hydrogen (secondary N) is 2. The average Bonchev–Trinajstić information content (AvgIpc) is 2.60. The normalized spacial score (nSPS) is 12.7. The molecule has 0 spiro atoms. The fourth-order valence-electron chi connectivity index (χ4n) is 2.60.